The van der Waals surface area contributed by atoms with Crippen LogP contribution in [0.4, 0.5) is 0 Å². The van der Waals surface area contributed by atoms with Gasteiger partial charge in [-0.05, 0) is 58.7 Å². The van der Waals surface area contributed by atoms with Crippen LogP contribution < -0.4 is 5.56 Å². The summed E-state index contributed by atoms with van der Waals surface area (Å²) in [6, 6.07) is 18.9. The highest BCUT2D eigenvalue weighted by molar-refractivity contribution is 5.94. The molecule has 2 heterocycles. The summed E-state index contributed by atoms with van der Waals surface area (Å²) >= 11 is 0. The fourth-order valence-corrected chi connectivity index (χ4v) is 3.79. The Labute approximate surface area is 160 Å². The third-order valence-electron chi connectivity index (χ3n) is 5.21. The zero-order valence-corrected chi connectivity index (χ0v) is 14.9. The van der Waals surface area contributed by atoms with E-state index in [9.17, 15) is 14.7 Å². The molecule has 0 spiro atoms. The summed E-state index contributed by atoms with van der Waals surface area (Å²) in [4.78, 5) is 28.7. The average Bonchev–Trinajstić information content (AvgIpc) is 3.10. The summed E-state index contributed by atoms with van der Waals surface area (Å²) in [6.45, 7) is 0.581. The lowest BCUT2D eigenvalue weighted by atomic mass is 10.0. The van der Waals surface area contributed by atoms with Gasteiger partial charge in [0.2, 0.25) is 0 Å². The van der Waals surface area contributed by atoms with E-state index in [4.69, 9.17) is 0 Å². The van der Waals surface area contributed by atoms with Gasteiger partial charge in [0.15, 0.2) is 0 Å². The van der Waals surface area contributed by atoms with E-state index in [1.165, 1.54) is 17.5 Å². The maximum atomic E-state index is 12.8. The number of hydrogen-bond acceptors (Lipinski definition) is 3. The van der Waals surface area contributed by atoms with Crippen LogP contribution >= 0.6 is 0 Å². The quantitative estimate of drug-likeness (QED) is 0.576. The molecule has 0 saturated heterocycles. The fraction of sp³-hybridized carbons (Fsp3) is 0.0870. The molecule has 28 heavy (non-hydrogen) atoms. The van der Waals surface area contributed by atoms with Crippen molar-refractivity contribution in [1.82, 2.24) is 9.55 Å². The lowest BCUT2D eigenvalue weighted by Gasteiger charge is -2.06. The Morgan fingerprint density at radius 1 is 1.04 bits per heavy atom. The number of carboxylic acids is 1. The van der Waals surface area contributed by atoms with Gasteiger partial charge in [-0.25, -0.2) is 9.78 Å². The van der Waals surface area contributed by atoms with Crippen molar-refractivity contribution >= 4 is 39.3 Å². The molecule has 0 bridgehead atoms. The highest BCUT2D eigenvalue weighted by atomic mass is 16.4. The summed E-state index contributed by atoms with van der Waals surface area (Å²) in [5.41, 5.74) is 2.45. The molecule has 5 rings (SSSR count). The number of nitrogens with zero attached hydrogens (tertiary/aromatic N) is 2. The zero-order chi connectivity index (χ0) is 19.3. The van der Waals surface area contributed by atoms with Gasteiger partial charge >= 0.3 is 5.97 Å². The lowest BCUT2D eigenvalue weighted by molar-refractivity contribution is 0.0697. The maximum Gasteiger partial charge on any atom is 0.335 e. The summed E-state index contributed by atoms with van der Waals surface area (Å²) in [6.07, 6.45) is 2.78. The molecule has 1 N–H and O–H groups in total. The second-order valence-corrected chi connectivity index (χ2v) is 6.96. The number of rotatable bonds is 2. The normalized spacial score (nSPS) is 14.6. The van der Waals surface area contributed by atoms with Gasteiger partial charge in [0.25, 0.3) is 5.56 Å². The predicted molar refractivity (Wildman–Crippen MR) is 109 cm³/mol. The first-order chi connectivity index (χ1) is 13.6. The van der Waals surface area contributed by atoms with Gasteiger partial charge in [-0.15, -0.1) is 0 Å². The largest absolute Gasteiger partial charge is 0.478 e. The number of allylic oxidation sites excluding steroid dienone is 1. The molecule has 4 aromatic rings. The number of aromatic nitrogens is 2. The summed E-state index contributed by atoms with van der Waals surface area (Å²) in [5, 5.41) is 12.0. The third kappa shape index (κ3) is 2.60. The molecule has 0 saturated carbocycles. The number of aromatic carboxylic acids is 1. The van der Waals surface area contributed by atoms with Crippen LogP contribution in [0, 0.1) is 0 Å². The van der Waals surface area contributed by atoms with Crippen molar-refractivity contribution in [2.24, 2.45) is 0 Å². The molecule has 3 aromatic carbocycles. The molecule has 0 aliphatic carbocycles. The van der Waals surface area contributed by atoms with Crippen LogP contribution in [0.5, 0.6) is 0 Å². The zero-order valence-electron chi connectivity index (χ0n) is 14.9. The SMILES string of the molecule is O=C(O)c1ccc2c(=O)n3c(nc2c1)/C(=C/c1ccc2ccccc2c1)CC3. The van der Waals surface area contributed by atoms with Crippen molar-refractivity contribution in [2.45, 2.75) is 13.0 Å². The van der Waals surface area contributed by atoms with E-state index in [0.717, 1.165) is 22.9 Å². The summed E-state index contributed by atoms with van der Waals surface area (Å²) in [5.74, 6) is -0.413. The van der Waals surface area contributed by atoms with Crippen LogP contribution in [-0.2, 0) is 6.54 Å². The second kappa shape index (κ2) is 6.16. The summed E-state index contributed by atoms with van der Waals surface area (Å²) in [7, 11) is 0. The minimum absolute atomic E-state index is 0.126. The monoisotopic (exact) mass is 368 g/mol. The Morgan fingerprint density at radius 3 is 2.68 bits per heavy atom. The van der Waals surface area contributed by atoms with Crippen molar-refractivity contribution < 1.29 is 9.90 Å². The molecule has 136 valence electrons. The molecule has 1 aliphatic rings. The van der Waals surface area contributed by atoms with E-state index >= 15 is 0 Å². The highest BCUT2D eigenvalue weighted by Crippen LogP contribution is 2.28. The molecule has 0 radical (unpaired) electrons. The van der Waals surface area contributed by atoms with Crippen molar-refractivity contribution in [3.05, 3.63) is 88.0 Å². The van der Waals surface area contributed by atoms with Gasteiger partial charge in [0.05, 0.1) is 16.5 Å². The van der Waals surface area contributed by atoms with Crippen molar-refractivity contribution in [3.8, 4) is 0 Å². The van der Waals surface area contributed by atoms with E-state index in [-0.39, 0.29) is 11.1 Å². The number of benzene rings is 3. The molecule has 0 fully saturated rings. The number of fused-ring (bicyclic) bond motifs is 3. The van der Waals surface area contributed by atoms with Gasteiger partial charge in [0.1, 0.15) is 5.82 Å². The number of carboxylic acid groups (broad SMARTS) is 1. The first-order valence-electron chi connectivity index (χ1n) is 9.08. The molecule has 0 unspecified atom stereocenters. The third-order valence-corrected chi connectivity index (χ3v) is 5.21. The van der Waals surface area contributed by atoms with E-state index in [1.807, 2.05) is 12.1 Å². The minimum Gasteiger partial charge on any atom is -0.478 e. The number of hydrogen-bond donors (Lipinski definition) is 1. The van der Waals surface area contributed by atoms with Gasteiger partial charge < -0.3 is 5.11 Å². The Bertz CT molecular complexity index is 1370. The van der Waals surface area contributed by atoms with Crippen LogP contribution in [0.1, 0.15) is 28.2 Å². The van der Waals surface area contributed by atoms with Crippen LogP contribution in [0.2, 0.25) is 0 Å². The van der Waals surface area contributed by atoms with Crippen LogP contribution in [0.3, 0.4) is 0 Å². The summed E-state index contributed by atoms with van der Waals surface area (Å²) < 4.78 is 1.68. The molecule has 1 aromatic heterocycles. The standard InChI is InChI=1S/C23H16N2O3/c26-22-19-8-7-18(23(27)28)13-20(19)24-21-17(9-10-25(21)22)12-14-5-6-15-3-1-2-4-16(15)11-14/h1-8,11-13H,9-10H2,(H,27,28)/b17-12+. The van der Waals surface area contributed by atoms with E-state index < -0.39 is 5.97 Å². The van der Waals surface area contributed by atoms with Crippen LogP contribution in [0.25, 0.3) is 33.3 Å². The topological polar surface area (TPSA) is 72.2 Å². The van der Waals surface area contributed by atoms with Gasteiger partial charge in [-0.2, -0.15) is 0 Å². The maximum absolute atomic E-state index is 12.8. The second-order valence-electron chi connectivity index (χ2n) is 6.96. The van der Waals surface area contributed by atoms with Gasteiger partial charge in [-0.1, -0.05) is 36.4 Å². The molecular weight excluding hydrogens is 352 g/mol. The Kier molecular flexibility index (Phi) is 3.62. The first kappa shape index (κ1) is 16.4. The van der Waals surface area contributed by atoms with E-state index in [0.29, 0.717) is 23.3 Å². The number of carbonyl (C=O) groups is 1. The fourth-order valence-electron chi connectivity index (χ4n) is 3.79. The molecular formula is C23H16N2O3. The molecule has 5 nitrogen and oxygen atoms in total. The predicted octanol–water partition coefficient (Wildman–Crippen LogP) is 4.19. The Morgan fingerprint density at radius 2 is 1.86 bits per heavy atom. The minimum atomic E-state index is -1.03. The van der Waals surface area contributed by atoms with Gasteiger partial charge in [0, 0.05) is 6.54 Å². The van der Waals surface area contributed by atoms with E-state index in [2.05, 4.69) is 41.4 Å². The molecule has 0 amide bonds. The Balaban J connectivity index is 1.66. The molecule has 0 atom stereocenters. The van der Waals surface area contributed by atoms with Crippen LogP contribution in [0.15, 0.2) is 65.5 Å². The average molecular weight is 368 g/mol. The first-order valence-corrected chi connectivity index (χ1v) is 9.08. The van der Waals surface area contributed by atoms with Crippen molar-refractivity contribution in [1.29, 1.82) is 0 Å². The smallest absolute Gasteiger partial charge is 0.335 e. The molecule has 5 heteroatoms. The highest BCUT2D eigenvalue weighted by Gasteiger charge is 2.21. The molecule has 1 aliphatic heterocycles. The van der Waals surface area contributed by atoms with Gasteiger partial charge in [-0.3, -0.25) is 9.36 Å². The van der Waals surface area contributed by atoms with Crippen molar-refractivity contribution in [2.75, 3.05) is 0 Å². The van der Waals surface area contributed by atoms with Crippen LogP contribution in [-0.4, -0.2) is 20.6 Å². The lowest BCUT2D eigenvalue weighted by Crippen LogP contribution is -2.20. The Hall–Kier alpha value is -3.73. The van der Waals surface area contributed by atoms with E-state index in [1.54, 1.807) is 10.6 Å². The van der Waals surface area contributed by atoms with Crippen molar-refractivity contribution in [3.63, 3.8) is 0 Å².